The fourth-order valence-corrected chi connectivity index (χ4v) is 6.45. The number of nitrogens with zero attached hydrogens (tertiary/aromatic N) is 7. The maximum atomic E-state index is 13.1. The van der Waals surface area contributed by atoms with Crippen LogP contribution < -0.4 is 5.69 Å². The summed E-state index contributed by atoms with van der Waals surface area (Å²) < 4.78 is 65.8. The Balaban J connectivity index is 1.41. The van der Waals surface area contributed by atoms with E-state index in [9.17, 15) is 36.3 Å². The third kappa shape index (κ3) is 6.44. The molecule has 5 rings (SSSR count). The summed E-state index contributed by atoms with van der Waals surface area (Å²) in [6.07, 6.45) is -4.84. The lowest BCUT2D eigenvalue weighted by molar-refractivity contribution is -0.207. The van der Waals surface area contributed by atoms with Gasteiger partial charge in [-0.3, -0.25) is 14.3 Å². The number of pyridine rings is 1. The molecule has 0 saturated carbocycles. The molecule has 1 fully saturated rings. The van der Waals surface area contributed by atoms with E-state index in [0.29, 0.717) is 26.5 Å². The number of aliphatic hydroxyl groups excluding tert-OH is 1. The highest BCUT2D eigenvalue weighted by atomic mass is 35.5. The van der Waals surface area contributed by atoms with Gasteiger partial charge < -0.3 is 5.11 Å². The third-order valence-corrected chi connectivity index (χ3v) is 8.75. The van der Waals surface area contributed by atoms with Crippen molar-refractivity contribution in [3.8, 4) is 17.1 Å². The molecule has 4 heterocycles. The molecule has 0 bridgehead atoms. The lowest BCUT2D eigenvalue weighted by atomic mass is 9.99. The van der Waals surface area contributed by atoms with E-state index in [1.54, 1.807) is 12.1 Å². The van der Waals surface area contributed by atoms with Gasteiger partial charge in [0.15, 0.2) is 27.6 Å². The first-order valence-corrected chi connectivity index (χ1v) is 14.8. The van der Waals surface area contributed by atoms with Crippen LogP contribution in [0.5, 0.6) is 0 Å². The van der Waals surface area contributed by atoms with Gasteiger partial charge in [0, 0.05) is 22.7 Å². The Morgan fingerprint density at radius 2 is 1.88 bits per heavy atom. The Morgan fingerprint density at radius 3 is 2.55 bits per heavy atom. The van der Waals surface area contributed by atoms with Gasteiger partial charge in [0.2, 0.25) is 0 Å². The highest BCUT2D eigenvalue weighted by molar-refractivity contribution is 7.91. The fourth-order valence-electron chi connectivity index (χ4n) is 4.55. The van der Waals surface area contributed by atoms with Gasteiger partial charge >= 0.3 is 11.9 Å². The van der Waals surface area contributed by atoms with Crippen LogP contribution >= 0.6 is 11.6 Å². The quantitative estimate of drug-likeness (QED) is 0.293. The van der Waals surface area contributed by atoms with Crippen LogP contribution in [-0.2, 0) is 34.1 Å². The largest absolute Gasteiger partial charge is 0.416 e. The first kappa shape index (κ1) is 29.6. The highest BCUT2D eigenvalue weighted by Gasteiger charge is 2.39. The van der Waals surface area contributed by atoms with Crippen molar-refractivity contribution in [3.63, 3.8) is 0 Å². The number of aliphatic hydroxyl groups is 1. The first-order valence-electron chi connectivity index (χ1n) is 12.6. The third-order valence-electron chi connectivity index (χ3n) is 6.73. The van der Waals surface area contributed by atoms with Crippen molar-refractivity contribution >= 4 is 27.2 Å². The number of carbonyl (C=O) groups excluding carboxylic acids is 1. The first-order chi connectivity index (χ1) is 19.8. The van der Waals surface area contributed by atoms with Crippen molar-refractivity contribution in [1.29, 1.82) is 0 Å². The molecule has 222 valence electrons. The van der Waals surface area contributed by atoms with Gasteiger partial charge in [0.05, 0.1) is 35.9 Å². The predicted molar refractivity (Wildman–Crippen MR) is 143 cm³/mol. The molecular weight excluding hydrogens is 603 g/mol. The maximum Gasteiger partial charge on any atom is 0.416 e. The molecule has 1 aromatic carbocycles. The highest BCUT2D eigenvalue weighted by Crippen LogP contribution is 2.25. The van der Waals surface area contributed by atoms with Crippen LogP contribution in [0.1, 0.15) is 17.9 Å². The van der Waals surface area contributed by atoms with Crippen LogP contribution in [0.3, 0.4) is 0 Å². The minimum atomic E-state index is -4.96. The SMILES string of the molecule is O=C(Cc1ncccc1-n1cnc(Cn2nc(-c3ccc(Cl)cc3)n(C[C@H](O)C(F)(F)F)c2=O)n1)C1CCS(=O)(=O)C1. The van der Waals surface area contributed by atoms with Crippen LogP contribution in [0.4, 0.5) is 13.2 Å². The molecule has 42 heavy (non-hydrogen) atoms. The van der Waals surface area contributed by atoms with Gasteiger partial charge in [-0.05, 0) is 42.8 Å². The molecule has 0 aliphatic carbocycles. The van der Waals surface area contributed by atoms with Gasteiger partial charge in [-0.2, -0.15) is 13.2 Å². The van der Waals surface area contributed by atoms with E-state index in [2.05, 4.69) is 20.2 Å². The molecule has 1 unspecified atom stereocenters. The zero-order chi connectivity index (χ0) is 30.2. The molecule has 1 saturated heterocycles. The second-order valence-corrected chi connectivity index (χ2v) is 12.4. The summed E-state index contributed by atoms with van der Waals surface area (Å²) in [6.45, 7) is -1.41. The molecule has 1 aliphatic rings. The van der Waals surface area contributed by atoms with E-state index in [1.165, 1.54) is 41.5 Å². The van der Waals surface area contributed by atoms with Gasteiger partial charge in [-0.25, -0.2) is 27.6 Å². The Bertz CT molecular complexity index is 1780. The molecular formula is C25H23ClF3N7O5S. The Hall–Kier alpha value is -3.89. The van der Waals surface area contributed by atoms with Crippen molar-refractivity contribution in [2.24, 2.45) is 5.92 Å². The van der Waals surface area contributed by atoms with Gasteiger partial charge in [-0.15, -0.1) is 10.2 Å². The molecule has 1 N–H and O–H groups in total. The van der Waals surface area contributed by atoms with Crippen molar-refractivity contribution < 1.29 is 31.5 Å². The lowest BCUT2D eigenvalue weighted by Crippen LogP contribution is -2.37. The summed E-state index contributed by atoms with van der Waals surface area (Å²) in [4.78, 5) is 34.3. The summed E-state index contributed by atoms with van der Waals surface area (Å²) >= 11 is 5.91. The van der Waals surface area contributed by atoms with Gasteiger partial charge in [0.25, 0.3) is 0 Å². The summed E-state index contributed by atoms with van der Waals surface area (Å²) in [5.74, 6) is -1.14. The molecule has 0 spiro atoms. The van der Waals surface area contributed by atoms with Crippen molar-refractivity contribution in [1.82, 2.24) is 34.1 Å². The number of hydrogen-bond donors (Lipinski definition) is 1. The summed E-state index contributed by atoms with van der Waals surface area (Å²) in [7, 11) is -3.24. The number of aromatic nitrogens is 7. The number of Topliss-reactive ketones (excluding diaryl/α,β-unsaturated/α-hetero) is 1. The molecule has 0 radical (unpaired) electrons. The van der Waals surface area contributed by atoms with Crippen molar-refractivity contribution in [3.05, 3.63) is 75.9 Å². The number of halogens is 4. The van der Waals surface area contributed by atoms with Crippen LogP contribution in [0.15, 0.2) is 53.7 Å². The smallest absolute Gasteiger partial charge is 0.382 e. The second kappa shape index (κ2) is 11.4. The second-order valence-electron chi connectivity index (χ2n) is 9.76. The molecule has 2 atom stereocenters. The average Bonchev–Trinajstić information content (AvgIpc) is 3.63. The average molecular weight is 626 g/mol. The van der Waals surface area contributed by atoms with Crippen molar-refractivity contribution in [2.45, 2.75) is 38.2 Å². The van der Waals surface area contributed by atoms with Gasteiger partial charge in [0.1, 0.15) is 18.7 Å². The molecule has 0 amide bonds. The zero-order valence-electron chi connectivity index (χ0n) is 21.6. The lowest BCUT2D eigenvalue weighted by Gasteiger charge is -2.15. The Morgan fingerprint density at radius 1 is 1.14 bits per heavy atom. The van der Waals surface area contributed by atoms with Crippen LogP contribution in [0.25, 0.3) is 17.1 Å². The van der Waals surface area contributed by atoms with Crippen LogP contribution in [0, 0.1) is 5.92 Å². The Kier molecular flexibility index (Phi) is 8.04. The van der Waals surface area contributed by atoms with Gasteiger partial charge in [-0.1, -0.05) is 11.6 Å². The fraction of sp³-hybridized carbons (Fsp3) is 0.360. The summed E-state index contributed by atoms with van der Waals surface area (Å²) in [5.41, 5.74) is 0.107. The molecule has 3 aromatic heterocycles. The molecule has 1 aliphatic heterocycles. The standard InChI is InChI=1S/C25H23ClF3N7O5S/c26-17-5-3-15(4-6-17)23-33-35(24(39)34(23)11-21(38)25(27,28)29)12-22-31-14-36(32-22)19-2-1-8-30-18(19)10-20(37)16-7-9-42(40,41)13-16/h1-6,8,14,16,21,38H,7,9-13H2/t16?,21-/m0/s1. The normalized spacial score (nSPS) is 17.4. The minimum Gasteiger partial charge on any atom is -0.382 e. The molecule has 12 nitrogen and oxygen atoms in total. The van der Waals surface area contributed by atoms with E-state index in [-0.39, 0.29) is 48.3 Å². The summed E-state index contributed by atoms with van der Waals surface area (Å²) in [6, 6.07) is 9.17. The number of ketones is 1. The maximum absolute atomic E-state index is 13.1. The number of alkyl halides is 3. The van der Waals surface area contributed by atoms with E-state index in [4.69, 9.17) is 11.6 Å². The number of rotatable bonds is 9. The monoisotopic (exact) mass is 625 g/mol. The molecule has 4 aromatic rings. The number of carbonyl (C=O) groups is 1. The number of benzene rings is 1. The van der Waals surface area contributed by atoms with E-state index in [1.807, 2.05) is 0 Å². The Labute approximate surface area is 241 Å². The predicted octanol–water partition coefficient (Wildman–Crippen LogP) is 1.86. The van der Waals surface area contributed by atoms with E-state index < -0.39 is 40.3 Å². The zero-order valence-corrected chi connectivity index (χ0v) is 23.2. The molecule has 17 heteroatoms. The van der Waals surface area contributed by atoms with E-state index >= 15 is 0 Å². The minimum absolute atomic E-state index is 0.0328. The van der Waals surface area contributed by atoms with Crippen LogP contribution in [0.2, 0.25) is 5.02 Å². The number of hydrogen-bond acceptors (Lipinski definition) is 9. The number of sulfone groups is 1. The van der Waals surface area contributed by atoms with Crippen LogP contribution in [-0.4, -0.2) is 77.2 Å². The van der Waals surface area contributed by atoms with Crippen molar-refractivity contribution in [2.75, 3.05) is 11.5 Å². The van der Waals surface area contributed by atoms with E-state index in [0.717, 1.165) is 4.68 Å². The topological polar surface area (TPSA) is 155 Å². The summed E-state index contributed by atoms with van der Waals surface area (Å²) in [5, 5.41) is 18.5.